The Hall–Kier alpha value is -3.90. The van der Waals surface area contributed by atoms with Crippen LogP contribution in [0.25, 0.3) is 0 Å². The lowest BCUT2D eigenvalue weighted by atomic mass is 9.91. The second kappa shape index (κ2) is 9.20. The molecule has 196 valence electrons. The van der Waals surface area contributed by atoms with Gasteiger partial charge in [-0.25, -0.2) is 9.97 Å². The summed E-state index contributed by atoms with van der Waals surface area (Å²) in [5, 5.41) is 2.93. The first-order valence-electron chi connectivity index (χ1n) is 12.0. The number of anilines is 6. The maximum absolute atomic E-state index is 13.0. The lowest BCUT2D eigenvalue weighted by Gasteiger charge is -2.22. The van der Waals surface area contributed by atoms with Crippen LogP contribution < -0.4 is 25.6 Å². The lowest BCUT2D eigenvalue weighted by Crippen LogP contribution is -2.26. The Bertz CT molecular complexity index is 1310. The van der Waals surface area contributed by atoms with Crippen molar-refractivity contribution >= 4 is 34.8 Å². The van der Waals surface area contributed by atoms with Crippen LogP contribution in [-0.2, 0) is 5.41 Å². The highest BCUT2D eigenvalue weighted by molar-refractivity contribution is 5.74. The molecule has 2 aliphatic heterocycles. The van der Waals surface area contributed by atoms with E-state index in [1.165, 1.54) is 12.4 Å². The molecule has 1 fully saturated rings. The van der Waals surface area contributed by atoms with Gasteiger partial charge >= 0.3 is 6.18 Å². The molecule has 0 saturated carbocycles. The fourth-order valence-electron chi connectivity index (χ4n) is 4.63. The minimum absolute atomic E-state index is 0.114. The summed E-state index contributed by atoms with van der Waals surface area (Å²) >= 11 is 0. The number of alkyl halides is 3. The van der Waals surface area contributed by atoms with E-state index in [1.807, 2.05) is 28.9 Å². The minimum atomic E-state index is -4.53. The van der Waals surface area contributed by atoms with Gasteiger partial charge in [0, 0.05) is 30.7 Å². The quantitative estimate of drug-likeness (QED) is 0.493. The average Bonchev–Trinajstić information content (AvgIpc) is 3.45. The molecule has 13 heteroatoms. The van der Waals surface area contributed by atoms with Crippen LogP contribution >= 0.6 is 0 Å². The van der Waals surface area contributed by atoms with E-state index in [2.05, 4.69) is 39.1 Å². The molecule has 0 amide bonds. The number of hydrogen-bond donors (Lipinski definition) is 2. The Balaban J connectivity index is 1.46. The number of aryl methyl sites for hydroxylation is 1. The van der Waals surface area contributed by atoms with E-state index in [4.69, 9.17) is 15.5 Å². The molecule has 0 aromatic carbocycles. The minimum Gasteiger partial charge on any atom is -0.466 e. The first-order chi connectivity index (χ1) is 17.5. The zero-order valence-electron chi connectivity index (χ0n) is 20.8. The Kier molecular flexibility index (Phi) is 6.16. The van der Waals surface area contributed by atoms with Crippen molar-refractivity contribution < 1.29 is 17.9 Å². The highest BCUT2D eigenvalue weighted by Gasteiger charge is 2.38. The maximum Gasteiger partial charge on any atom is 0.422 e. The van der Waals surface area contributed by atoms with Crippen LogP contribution in [0.2, 0.25) is 0 Å². The molecule has 0 spiro atoms. The molecule has 0 bridgehead atoms. The zero-order valence-corrected chi connectivity index (χ0v) is 20.8. The van der Waals surface area contributed by atoms with E-state index >= 15 is 0 Å². The number of nitrogens with two attached hydrogens (primary N) is 1. The molecule has 0 unspecified atom stereocenters. The van der Waals surface area contributed by atoms with Crippen molar-refractivity contribution in [3.05, 3.63) is 35.9 Å². The lowest BCUT2D eigenvalue weighted by molar-refractivity contribution is -0.153. The van der Waals surface area contributed by atoms with Crippen LogP contribution in [0.1, 0.15) is 38.1 Å². The third-order valence-electron chi connectivity index (χ3n) is 6.32. The summed E-state index contributed by atoms with van der Waals surface area (Å²) in [6.07, 6.45) is -1.28. The van der Waals surface area contributed by atoms with Gasteiger partial charge in [-0.3, -0.25) is 4.98 Å². The number of nitrogens with one attached hydrogen (secondary N) is 1. The van der Waals surface area contributed by atoms with Crippen LogP contribution in [0.5, 0.6) is 5.88 Å². The maximum atomic E-state index is 13.0. The third kappa shape index (κ3) is 5.16. The van der Waals surface area contributed by atoms with E-state index < -0.39 is 12.8 Å². The van der Waals surface area contributed by atoms with Crippen LogP contribution in [-0.4, -0.2) is 57.3 Å². The molecule has 2 aliphatic rings. The smallest absolute Gasteiger partial charge is 0.422 e. The van der Waals surface area contributed by atoms with Gasteiger partial charge in [-0.1, -0.05) is 13.8 Å². The van der Waals surface area contributed by atoms with Crippen molar-refractivity contribution in [3.8, 4) is 5.88 Å². The number of pyridine rings is 2. The summed E-state index contributed by atoms with van der Waals surface area (Å²) in [4.78, 5) is 25.9. The number of rotatable bonds is 6. The molecule has 5 rings (SSSR count). The first-order valence-corrected chi connectivity index (χ1v) is 12.0. The van der Waals surface area contributed by atoms with E-state index in [0.29, 0.717) is 24.0 Å². The van der Waals surface area contributed by atoms with Gasteiger partial charge in [0.1, 0.15) is 12.0 Å². The molecule has 3 aromatic rings. The molecule has 3 aromatic heterocycles. The Morgan fingerprint density at radius 3 is 2.59 bits per heavy atom. The second-order valence-electron chi connectivity index (χ2n) is 9.88. The van der Waals surface area contributed by atoms with Crippen LogP contribution in [0.3, 0.4) is 0 Å². The normalized spacial score (nSPS) is 16.7. The monoisotopic (exact) mass is 515 g/mol. The van der Waals surface area contributed by atoms with Crippen molar-refractivity contribution in [2.75, 3.05) is 47.1 Å². The molecule has 37 heavy (non-hydrogen) atoms. The van der Waals surface area contributed by atoms with E-state index in [0.717, 1.165) is 43.0 Å². The van der Waals surface area contributed by atoms with Gasteiger partial charge in [0.05, 0.1) is 17.1 Å². The standard InChI is InChI=1S/C24H28F3N9O/c1-14-6-7-17-18(31-14)23(2,3)11-36(17)22-30-13-29-21(34-22)32-16-10-15(28)19(35-8-4-5-9-35)33-20(16)37-12-24(25,26)27/h6-7,10,13H,4-5,8-9,11-12,28H2,1-3H3,(H,29,30,32,34). The van der Waals surface area contributed by atoms with Crippen LogP contribution in [0, 0.1) is 6.92 Å². The molecule has 1 saturated heterocycles. The third-order valence-corrected chi connectivity index (χ3v) is 6.32. The molecule has 0 radical (unpaired) electrons. The number of fused-ring (bicyclic) bond motifs is 1. The number of nitrogens with zero attached hydrogens (tertiary/aromatic N) is 7. The van der Waals surface area contributed by atoms with Gasteiger partial charge in [-0.15, -0.1) is 0 Å². The van der Waals surface area contributed by atoms with Crippen molar-refractivity contribution in [2.45, 2.75) is 45.2 Å². The predicted octanol–water partition coefficient (Wildman–Crippen LogP) is 4.27. The number of aromatic nitrogens is 5. The molecular weight excluding hydrogens is 487 g/mol. The Morgan fingerprint density at radius 2 is 1.86 bits per heavy atom. The van der Waals surface area contributed by atoms with Gasteiger partial charge < -0.3 is 25.6 Å². The Labute approximate surface area is 212 Å². The number of halogens is 3. The van der Waals surface area contributed by atoms with Gasteiger partial charge in [0.25, 0.3) is 0 Å². The Morgan fingerprint density at radius 1 is 1.11 bits per heavy atom. The summed E-state index contributed by atoms with van der Waals surface area (Å²) in [7, 11) is 0. The highest BCUT2D eigenvalue weighted by Crippen LogP contribution is 2.42. The van der Waals surface area contributed by atoms with Crippen molar-refractivity contribution in [3.63, 3.8) is 0 Å². The summed E-state index contributed by atoms with van der Waals surface area (Å²) in [5.41, 5.74) is 9.20. The summed E-state index contributed by atoms with van der Waals surface area (Å²) in [6, 6.07) is 5.40. The topological polar surface area (TPSA) is 118 Å². The number of hydrogen-bond acceptors (Lipinski definition) is 10. The van der Waals surface area contributed by atoms with E-state index in [1.54, 1.807) is 0 Å². The van der Waals surface area contributed by atoms with Gasteiger partial charge in [0.15, 0.2) is 12.4 Å². The van der Waals surface area contributed by atoms with Crippen molar-refractivity contribution in [1.82, 2.24) is 24.9 Å². The zero-order chi connectivity index (χ0) is 26.4. The van der Waals surface area contributed by atoms with Crippen LogP contribution in [0.15, 0.2) is 24.5 Å². The molecule has 3 N–H and O–H groups in total. The first kappa shape index (κ1) is 24.8. The summed E-state index contributed by atoms with van der Waals surface area (Å²) in [6.45, 7) is 6.69. The molecule has 0 aliphatic carbocycles. The van der Waals surface area contributed by atoms with Crippen LogP contribution in [0.4, 0.5) is 47.9 Å². The van der Waals surface area contributed by atoms with Gasteiger partial charge in [0.2, 0.25) is 17.8 Å². The van der Waals surface area contributed by atoms with Gasteiger partial charge in [-0.2, -0.15) is 23.1 Å². The van der Waals surface area contributed by atoms with Crippen molar-refractivity contribution in [2.24, 2.45) is 0 Å². The fraction of sp³-hybridized carbons (Fsp3) is 0.458. The molecule has 5 heterocycles. The molecular formula is C24H28F3N9O. The number of nitrogen functional groups attached to an aromatic ring is 1. The predicted molar refractivity (Wildman–Crippen MR) is 134 cm³/mol. The molecule has 10 nitrogen and oxygen atoms in total. The van der Waals surface area contributed by atoms with Gasteiger partial charge in [-0.05, 0) is 38.0 Å². The summed E-state index contributed by atoms with van der Waals surface area (Å²) < 4.78 is 44.0. The fourth-order valence-corrected chi connectivity index (χ4v) is 4.63. The molecule has 0 atom stereocenters. The SMILES string of the molecule is Cc1ccc2c(n1)C(C)(C)CN2c1ncnc(Nc2cc(N)c(N3CCCC3)nc2OCC(F)(F)F)n1. The second-order valence-corrected chi connectivity index (χ2v) is 9.88. The van der Waals surface area contributed by atoms with Crippen molar-refractivity contribution in [1.29, 1.82) is 0 Å². The largest absolute Gasteiger partial charge is 0.466 e. The summed E-state index contributed by atoms with van der Waals surface area (Å²) in [5.74, 6) is 0.656. The number of ether oxygens (including phenoxy) is 1. The van der Waals surface area contributed by atoms with E-state index in [9.17, 15) is 13.2 Å². The average molecular weight is 516 g/mol. The highest BCUT2D eigenvalue weighted by atomic mass is 19.4. The van der Waals surface area contributed by atoms with E-state index in [-0.39, 0.29) is 22.9 Å².